The van der Waals surface area contributed by atoms with Crippen LogP contribution in [0.5, 0.6) is 0 Å². The van der Waals surface area contributed by atoms with Gasteiger partial charge in [-0.25, -0.2) is 25.3 Å². The van der Waals surface area contributed by atoms with Gasteiger partial charge >= 0.3 is 32.0 Å². The van der Waals surface area contributed by atoms with Gasteiger partial charge in [0, 0.05) is 24.9 Å². The Morgan fingerprint density at radius 2 is 1.35 bits per heavy atom. The zero-order valence-corrected chi connectivity index (χ0v) is 22.9. The average Bonchev–Trinajstić information content (AvgIpc) is 2.81. The number of rotatable bonds is 13. The van der Waals surface area contributed by atoms with E-state index in [1.165, 1.54) is 6.92 Å². The molecule has 11 nitrogen and oxygen atoms in total. The molecule has 1 saturated heterocycles. The van der Waals surface area contributed by atoms with Crippen molar-refractivity contribution in [2.24, 2.45) is 11.3 Å². The summed E-state index contributed by atoms with van der Waals surface area (Å²) in [5.41, 5.74) is -7.93. The molecule has 2 unspecified atom stereocenters. The van der Waals surface area contributed by atoms with E-state index in [0.29, 0.717) is 0 Å². The molecular formula is C17H25F9N2O9S3. The minimum atomic E-state index is -7.87. The Morgan fingerprint density at radius 3 is 1.73 bits per heavy atom. The Labute approximate surface area is 222 Å². The molecule has 0 spiro atoms. The van der Waals surface area contributed by atoms with Crippen LogP contribution in [0.3, 0.4) is 0 Å². The van der Waals surface area contributed by atoms with Crippen LogP contribution < -0.4 is 4.13 Å². The van der Waals surface area contributed by atoms with Gasteiger partial charge in [0.05, 0.1) is 12.7 Å². The number of sulfonamides is 3. The fourth-order valence-corrected chi connectivity index (χ4v) is 7.36. The highest BCUT2D eigenvalue weighted by Crippen LogP contribution is 2.52. The van der Waals surface area contributed by atoms with Crippen LogP contribution in [0.4, 0.5) is 39.5 Å². The van der Waals surface area contributed by atoms with Gasteiger partial charge in [-0.3, -0.25) is 4.79 Å². The molecule has 0 saturated carbocycles. The van der Waals surface area contributed by atoms with Crippen molar-refractivity contribution in [1.29, 1.82) is 0 Å². The van der Waals surface area contributed by atoms with E-state index in [9.17, 15) is 79.8 Å². The van der Waals surface area contributed by atoms with E-state index < -0.39 is 123 Å². The molecule has 23 heteroatoms. The highest BCUT2D eigenvalue weighted by Gasteiger charge is 2.83. The van der Waals surface area contributed by atoms with Crippen molar-refractivity contribution in [3.8, 4) is 0 Å². The Bertz CT molecular complexity index is 1260. The van der Waals surface area contributed by atoms with Crippen molar-refractivity contribution in [3.63, 3.8) is 0 Å². The second-order valence-electron chi connectivity index (χ2n) is 9.15. The molecule has 0 radical (unpaired) electrons. The first-order chi connectivity index (χ1) is 17.6. The average molecular weight is 669 g/mol. The van der Waals surface area contributed by atoms with Crippen LogP contribution in [0.2, 0.25) is 0 Å². The monoisotopic (exact) mass is 668 g/mol. The van der Waals surface area contributed by atoms with Crippen LogP contribution >= 0.6 is 0 Å². The molecule has 3 N–H and O–H groups in total. The lowest BCUT2D eigenvalue weighted by molar-refractivity contribution is -0.245. The summed E-state index contributed by atoms with van der Waals surface area (Å²) in [5, 5.41) is 5.19. The van der Waals surface area contributed by atoms with Crippen LogP contribution in [0.15, 0.2) is 0 Å². The van der Waals surface area contributed by atoms with E-state index in [2.05, 4.69) is 0 Å². The van der Waals surface area contributed by atoms with Crippen molar-refractivity contribution in [3.05, 3.63) is 0 Å². The lowest BCUT2D eigenvalue weighted by Crippen LogP contribution is -2.65. The summed E-state index contributed by atoms with van der Waals surface area (Å²) in [6.45, 7) is 0.0818. The van der Waals surface area contributed by atoms with Gasteiger partial charge in [-0.15, -0.1) is 0 Å². The molecule has 0 amide bonds. The summed E-state index contributed by atoms with van der Waals surface area (Å²) in [4.78, 5) is 12.3. The van der Waals surface area contributed by atoms with Crippen LogP contribution in [0, 0.1) is 11.3 Å². The predicted octanol–water partition coefficient (Wildman–Crippen LogP) is 1.35. The molecule has 1 aliphatic heterocycles. The maximum atomic E-state index is 14.5. The molecule has 1 heterocycles. The zero-order chi connectivity index (χ0) is 32.0. The number of alkyl halides is 9. The quantitative estimate of drug-likeness (QED) is 0.245. The second kappa shape index (κ2) is 11.4. The number of hydrogen-bond acceptors (Lipinski definition) is 9. The predicted molar refractivity (Wildman–Crippen MR) is 116 cm³/mol. The zero-order valence-electron chi connectivity index (χ0n) is 20.4. The van der Waals surface area contributed by atoms with Crippen molar-refractivity contribution < 1.29 is 79.8 Å². The molecule has 0 aliphatic carbocycles. The van der Waals surface area contributed by atoms with E-state index in [-0.39, 0.29) is 6.42 Å². The number of carbonyl (C=O) groups is 1. The van der Waals surface area contributed by atoms with Gasteiger partial charge in [-0.2, -0.15) is 43.8 Å². The van der Waals surface area contributed by atoms with Gasteiger partial charge in [-0.05, 0) is 25.2 Å². The summed E-state index contributed by atoms with van der Waals surface area (Å²) in [5.74, 6) is -9.14. The van der Waals surface area contributed by atoms with E-state index in [1.807, 2.05) is 0 Å². The Kier molecular flexibility index (Phi) is 10.5. The molecule has 238 valence electrons. The number of nitrogens with one attached hydrogen (secondary N) is 1. The third-order valence-electron chi connectivity index (χ3n) is 6.50. The lowest BCUT2D eigenvalue weighted by Gasteiger charge is -2.38. The number of nitrogens with zero attached hydrogens (tertiary/aromatic N) is 1. The van der Waals surface area contributed by atoms with E-state index in [4.69, 9.17) is 0 Å². The molecule has 1 aliphatic rings. The fraction of sp³-hybridized carbons (Fsp3) is 0.941. The molecular weight excluding hydrogens is 643 g/mol. The van der Waals surface area contributed by atoms with Crippen LogP contribution in [0.1, 0.15) is 39.5 Å². The number of halogens is 9. The van der Waals surface area contributed by atoms with Crippen molar-refractivity contribution >= 4 is 35.9 Å². The fourth-order valence-electron chi connectivity index (χ4n) is 3.41. The number of carbonyl (C=O) groups excluding carboxylic acids is 1. The first-order valence-electron chi connectivity index (χ1n) is 10.9. The number of Topliss-reactive ketones (excluding diaryl/α,β-unsaturated/α-hetero) is 1. The number of aliphatic hydroxyl groups is 2. The minimum absolute atomic E-state index is 0.160. The SMILES string of the molecule is CCC(C)(CO)C(=O)CC(O)C1CCN(S(=O)(=O)C(F)(F)C(F)(F)C(F)(F)S(=O)(=O)NS(=O)(=O)C(F)(F)F)CC1. The van der Waals surface area contributed by atoms with Gasteiger partial charge in [0.15, 0.2) is 0 Å². The summed E-state index contributed by atoms with van der Waals surface area (Å²) >= 11 is 0. The van der Waals surface area contributed by atoms with E-state index >= 15 is 0 Å². The summed E-state index contributed by atoms with van der Waals surface area (Å²) < 4.78 is 190. The molecule has 0 bridgehead atoms. The first-order valence-corrected chi connectivity index (χ1v) is 15.3. The maximum absolute atomic E-state index is 14.5. The van der Waals surface area contributed by atoms with Crippen LogP contribution in [-0.4, -0.2) is 93.3 Å². The van der Waals surface area contributed by atoms with Crippen molar-refractivity contribution in [2.75, 3.05) is 19.7 Å². The summed E-state index contributed by atoms with van der Waals surface area (Å²) in [6, 6.07) is 0. The molecule has 1 fully saturated rings. The Balaban J connectivity index is 3.20. The number of aliphatic hydroxyl groups excluding tert-OH is 2. The van der Waals surface area contributed by atoms with Gasteiger partial charge in [-0.1, -0.05) is 18.0 Å². The molecule has 40 heavy (non-hydrogen) atoms. The standard InChI is InChI=1S/C17H25F9N2O9S3/c1-3-13(2,9-29)12(31)8-11(30)10-4-6-28(7-5-10)40(36,37)16(22,23)14(18,19)15(20,21)38(32,33)27-39(34,35)17(24,25)26/h10-11,27,29-30H,3-9H2,1-2H3. The van der Waals surface area contributed by atoms with Gasteiger partial charge < -0.3 is 10.2 Å². The topological polar surface area (TPSA) is 175 Å². The smallest absolute Gasteiger partial charge is 0.395 e. The first kappa shape index (κ1) is 36.8. The van der Waals surface area contributed by atoms with E-state index in [0.717, 1.165) is 0 Å². The van der Waals surface area contributed by atoms with Crippen molar-refractivity contribution in [1.82, 2.24) is 8.43 Å². The van der Waals surface area contributed by atoms with Crippen LogP contribution in [0.25, 0.3) is 0 Å². The molecule has 0 aromatic heterocycles. The highest BCUT2D eigenvalue weighted by atomic mass is 32.3. The maximum Gasteiger partial charge on any atom is 0.512 e. The van der Waals surface area contributed by atoms with Gasteiger partial charge in [0.25, 0.3) is 20.0 Å². The number of hydrogen-bond donors (Lipinski definition) is 3. The van der Waals surface area contributed by atoms with Gasteiger partial charge in [0.2, 0.25) is 0 Å². The third-order valence-corrected chi connectivity index (χ3v) is 11.7. The number of piperidine rings is 1. The Morgan fingerprint density at radius 1 is 0.900 bits per heavy atom. The number of ketones is 1. The molecule has 0 aromatic rings. The molecule has 0 aromatic carbocycles. The molecule has 1 rings (SSSR count). The lowest BCUT2D eigenvalue weighted by atomic mass is 9.79. The summed E-state index contributed by atoms with van der Waals surface area (Å²) in [7, 11) is -22.1. The molecule has 2 atom stereocenters. The highest BCUT2D eigenvalue weighted by molar-refractivity contribution is 8.05. The van der Waals surface area contributed by atoms with Crippen LogP contribution in [-0.2, 0) is 34.9 Å². The normalized spacial score (nSPS) is 20.2. The third kappa shape index (κ3) is 6.38. The summed E-state index contributed by atoms with van der Waals surface area (Å²) in [6.07, 6.45) is -3.11. The minimum Gasteiger partial charge on any atom is -0.395 e. The van der Waals surface area contributed by atoms with Crippen molar-refractivity contribution in [2.45, 2.75) is 67.6 Å². The Hall–Kier alpha value is -1.27. The second-order valence-corrected chi connectivity index (χ2v) is 14.8. The van der Waals surface area contributed by atoms with Gasteiger partial charge in [0.1, 0.15) is 5.78 Å². The largest absolute Gasteiger partial charge is 0.512 e. The van der Waals surface area contributed by atoms with E-state index in [1.54, 1.807) is 6.92 Å².